The van der Waals surface area contributed by atoms with Gasteiger partial charge >= 0.3 is 17.9 Å². The maximum absolute atomic E-state index is 14.2. The number of hydrogen-bond donors (Lipinski definition) is 15. The lowest BCUT2D eigenvalue weighted by Gasteiger charge is -2.31. The molecule has 18 N–H and O–H groups in total. The van der Waals surface area contributed by atoms with E-state index in [1.165, 1.54) is 12.5 Å². The number of imidazole rings is 1. The monoisotopic (exact) mass is 1080 g/mol. The molecule has 13 atom stereocenters. The Kier molecular flexibility index (Phi) is 29.6. The minimum Gasteiger partial charge on any atom is -0.481 e. The predicted octanol–water partition coefficient (Wildman–Crippen LogP) is -2.62. The summed E-state index contributed by atoms with van der Waals surface area (Å²) in [5.41, 5.74) is 17.2. The number of carbonyl (C=O) groups is 12. The van der Waals surface area contributed by atoms with Gasteiger partial charge in [0.25, 0.3) is 0 Å². The average molecular weight is 1080 g/mol. The van der Waals surface area contributed by atoms with E-state index < -0.39 is 168 Å². The van der Waals surface area contributed by atoms with Crippen molar-refractivity contribution in [1.29, 1.82) is 0 Å². The van der Waals surface area contributed by atoms with Crippen molar-refractivity contribution < 1.29 is 72.9 Å². The lowest BCUT2D eigenvalue weighted by molar-refractivity contribution is -0.144. The maximum atomic E-state index is 14.2. The van der Waals surface area contributed by atoms with Crippen molar-refractivity contribution in [3.05, 3.63) is 18.2 Å². The zero-order chi connectivity index (χ0) is 58.0. The first-order chi connectivity index (χ1) is 35.6. The molecule has 1 rings (SSSR count). The lowest BCUT2D eigenvalue weighted by atomic mass is 9.94. The van der Waals surface area contributed by atoms with Crippen molar-refractivity contribution in [1.82, 2.24) is 52.5 Å². The van der Waals surface area contributed by atoms with Gasteiger partial charge in [-0.3, -0.25) is 52.7 Å². The second-order valence-electron chi connectivity index (χ2n) is 19.1. The Balaban J connectivity index is 3.52. The Morgan fingerprint density at radius 2 is 0.895 bits per heavy atom. The summed E-state index contributed by atoms with van der Waals surface area (Å²) in [6.07, 6.45) is 1.83. The van der Waals surface area contributed by atoms with Gasteiger partial charge in [0.05, 0.1) is 31.6 Å². The third-order valence-electron chi connectivity index (χ3n) is 13.1. The van der Waals surface area contributed by atoms with Gasteiger partial charge < -0.3 is 80.0 Å². The molecule has 76 heavy (non-hydrogen) atoms. The van der Waals surface area contributed by atoms with E-state index in [0.717, 1.165) is 0 Å². The molecule has 0 bridgehead atoms. The third kappa shape index (κ3) is 22.7. The highest BCUT2D eigenvalue weighted by Crippen LogP contribution is 2.16. The Bertz CT molecular complexity index is 2150. The van der Waals surface area contributed by atoms with Gasteiger partial charge in [-0.25, -0.2) is 9.78 Å². The maximum Gasteiger partial charge on any atom is 0.326 e. The summed E-state index contributed by atoms with van der Waals surface area (Å²) in [7, 11) is 0. The fourth-order valence-corrected chi connectivity index (χ4v) is 7.53. The number of H-pyrrole nitrogens is 1. The van der Waals surface area contributed by atoms with Crippen LogP contribution in [0.2, 0.25) is 0 Å². The Labute approximate surface area is 441 Å². The standard InChI is InChI=1S/C48H81N13O15/c1-9-23(5)36(58-43(70)30(17-27-21-52-22-53-27)55-40(67)28(50)18-34(63)64)46(73)57-31(19-33(51)62)42(69)56-32(20-35(65)66)44(71)59-38(25(7)11-3)47(74)60-37(24(6)10-2)45(72)54-29(15-13-14-16-49)41(68)61-39(48(75)76)26(8)12-4/h21-26,28-32,36-39H,9-20,49-50H2,1-8H3,(H2,51,62)(H,52,53)(H,54,72)(H,55,67)(H,56,69)(H,57,73)(H,58,70)(H,59,71)(H,60,74)(H,61,68)(H,63,64)(H,65,66)(H,75,76)/t23-,24-,25-,26-,28-,29-,30-,31-,32-,36-,37-,38-,39-/m0/s1. The number of aromatic nitrogens is 2. The summed E-state index contributed by atoms with van der Waals surface area (Å²) in [5, 5.41) is 48.5. The first-order valence-corrected chi connectivity index (χ1v) is 25.5. The molecule has 0 aliphatic rings. The van der Waals surface area contributed by atoms with Crippen molar-refractivity contribution in [3.8, 4) is 0 Å². The van der Waals surface area contributed by atoms with Crippen LogP contribution in [0.25, 0.3) is 0 Å². The molecule has 0 aliphatic carbocycles. The number of rotatable bonds is 37. The van der Waals surface area contributed by atoms with Crippen molar-refractivity contribution in [3.63, 3.8) is 0 Å². The van der Waals surface area contributed by atoms with Crippen LogP contribution in [0.1, 0.15) is 125 Å². The van der Waals surface area contributed by atoms with E-state index in [2.05, 4.69) is 52.5 Å². The summed E-state index contributed by atoms with van der Waals surface area (Å²) in [6.45, 7) is 13.6. The number of primary amides is 1. The molecule has 1 heterocycles. The molecule has 0 radical (unpaired) electrons. The highest BCUT2D eigenvalue weighted by Gasteiger charge is 2.39. The summed E-state index contributed by atoms with van der Waals surface area (Å²) in [5.74, 6) is -15.8. The van der Waals surface area contributed by atoms with E-state index in [0.29, 0.717) is 31.4 Å². The number of carbonyl (C=O) groups excluding carboxylic acids is 9. The number of hydrogen-bond acceptors (Lipinski definition) is 15. The van der Waals surface area contributed by atoms with Crippen LogP contribution in [0.15, 0.2) is 12.5 Å². The predicted molar refractivity (Wildman–Crippen MR) is 272 cm³/mol. The molecule has 428 valence electrons. The van der Waals surface area contributed by atoms with E-state index in [9.17, 15) is 67.7 Å². The second kappa shape index (κ2) is 33.6. The molecule has 9 amide bonds. The second-order valence-corrected chi connectivity index (χ2v) is 19.1. The quantitative estimate of drug-likeness (QED) is 0.0303. The molecule has 0 aliphatic heterocycles. The normalized spacial score (nSPS) is 16.3. The van der Waals surface area contributed by atoms with Crippen LogP contribution in [-0.4, -0.2) is 157 Å². The number of aromatic amines is 1. The first-order valence-electron chi connectivity index (χ1n) is 25.5. The summed E-state index contributed by atoms with van der Waals surface area (Å²) in [6, 6.07) is -13.6. The number of carboxylic acid groups (broad SMARTS) is 3. The zero-order valence-corrected chi connectivity index (χ0v) is 44.6. The number of nitrogens with one attached hydrogen (secondary N) is 9. The number of unbranched alkanes of at least 4 members (excludes halogenated alkanes) is 1. The number of nitrogens with zero attached hydrogens (tertiary/aromatic N) is 1. The van der Waals surface area contributed by atoms with Crippen molar-refractivity contribution in [2.24, 2.45) is 40.9 Å². The van der Waals surface area contributed by atoms with E-state index in [1.807, 2.05) is 0 Å². The van der Waals surface area contributed by atoms with Crippen LogP contribution in [0.5, 0.6) is 0 Å². The topological polar surface area (TPSA) is 469 Å². The summed E-state index contributed by atoms with van der Waals surface area (Å²) in [4.78, 5) is 165. The van der Waals surface area contributed by atoms with Crippen LogP contribution >= 0.6 is 0 Å². The number of carboxylic acids is 3. The molecule has 0 saturated carbocycles. The van der Waals surface area contributed by atoms with Gasteiger partial charge in [-0.1, -0.05) is 81.1 Å². The molecule has 1 aromatic rings. The van der Waals surface area contributed by atoms with Gasteiger partial charge in [-0.2, -0.15) is 0 Å². The molecule has 0 saturated heterocycles. The van der Waals surface area contributed by atoms with Gasteiger partial charge in [-0.15, -0.1) is 0 Å². The van der Waals surface area contributed by atoms with E-state index in [-0.39, 0.29) is 32.2 Å². The molecule has 28 nitrogen and oxygen atoms in total. The third-order valence-corrected chi connectivity index (χ3v) is 13.1. The largest absolute Gasteiger partial charge is 0.481 e. The molecule has 0 spiro atoms. The first kappa shape index (κ1) is 66.8. The number of nitrogens with two attached hydrogens (primary N) is 3. The van der Waals surface area contributed by atoms with Gasteiger partial charge in [0.15, 0.2) is 0 Å². The number of amides is 9. The van der Waals surface area contributed by atoms with Gasteiger partial charge in [0.1, 0.15) is 48.3 Å². The smallest absolute Gasteiger partial charge is 0.326 e. The fourth-order valence-electron chi connectivity index (χ4n) is 7.53. The van der Waals surface area contributed by atoms with Crippen LogP contribution in [0, 0.1) is 23.7 Å². The van der Waals surface area contributed by atoms with Crippen molar-refractivity contribution in [2.75, 3.05) is 6.54 Å². The fraction of sp³-hybridized carbons (Fsp3) is 0.688. The Morgan fingerprint density at radius 1 is 0.513 bits per heavy atom. The van der Waals surface area contributed by atoms with Crippen LogP contribution in [0.4, 0.5) is 0 Å². The SMILES string of the molecule is CC[C@H](C)[C@H](NC(=O)[C@H](CCCCN)NC(=O)[C@@H](NC(=O)[C@@H](NC(=O)[C@H](CC(=O)O)NC(=O)[C@H](CC(N)=O)NC(=O)[C@@H](NC(=O)[C@H](Cc1cnc[nH]1)NC(=O)[C@@H](N)CC(=O)O)[C@@H](C)CC)[C@@H](C)CC)[C@@H](C)CC)C(=O)O. The summed E-state index contributed by atoms with van der Waals surface area (Å²) < 4.78 is 0. The van der Waals surface area contributed by atoms with Crippen LogP contribution in [0.3, 0.4) is 0 Å². The van der Waals surface area contributed by atoms with Crippen LogP contribution in [-0.2, 0) is 64.0 Å². The van der Waals surface area contributed by atoms with E-state index in [4.69, 9.17) is 22.3 Å². The Hall–Kier alpha value is -7.23. The number of aliphatic carboxylic acids is 3. The van der Waals surface area contributed by atoms with E-state index >= 15 is 0 Å². The van der Waals surface area contributed by atoms with Crippen molar-refractivity contribution >= 4 is 71.1 Å². The van der Waals surface area contributed by atoms with Gasteiger partial charge in [0, 0.05) is 18.3 Å². The Morgan fingerprint density at radius 3 is 1.33 bits per heavy atom. The highest BCUT2D eigenvalue weighted by molar-refractivity contribution is 6.00. The van der Waals surface area contributed by atoms with Crippen LogP contribution < -0.4 is 59.7 Å². The minimum absolute atomic E-state index is 0.0768. The minimum atomic E-state index is -1.97. The van der Waals surface area contributed by atoms with Gasteiger partial charge in [0.2, 0.25) is 53.2 Å². The van der Waals surface area contributed by atoms with Gasteiger partial charge in [-0.05, 0) is 49.5 Å². The molecular weight excluding hydrogens is 999 g/mol. The molecule has 0 unspecified atom stereocenters. The van der Waals surface area contributed by atoms with E-state index in [1.54, 1.807) is 55.4 Å². The molecule has 28 heteroatoms. The average Bonchev–Trinajstić information content (AvgIpc) is 3.88. The lowest BCUT2D eigenvalue weighted by Crippen LogP contribution is -2.62. The summed E-state index contributed by atoms with van der Waals surface area (Å²) >= 11 is 0. The molecule has 1 aromatic heterocycles. The molecule has 0 aromatic carbocycles. The van der Waals surface area contributed by atoms with Crippen molar-refractivity contribution in [2.45, 2.75) is 180 Å². The highest BCUT2D eigenvalue weighted by atomic mass is 16.4. The molecular formula is C48H81N13O15. The molecule has 0 fully saturated rings. The zero-order valence-electron chi connectivity index (χ0n) is 44.6.